The number of halogens is 1. The molecule has 2 aliphatic rings. The van der Waals surface area contributed by atoms with E-state index < -0.39 is 0 Å². The van der Waals surface area contributed by atoms with Crippen LogP contribution in [0, 0.1) is 5.82 Å². The van der Waals surface area contributed by atoms with Gasteiger partial charge in [0.05, 0.1) is 13.2 Å². The summed E-state index contributed by atoms with van der Waals surface area (Å²) in [5.74, 6) is 0.250. The molecule has 26 heavy (non-hydrogen) atoms. The fourth-order valence-corrected chi connectivity index (χ4v) is 3.76. The lowest BCUT2D eigenvalue weighted by Gasteiger charge is -2.27. The van der Waals surface area contributed by atoms with Crippen molar-refractivity contribution in [2.45, 2.75) is 38.0 Å². The highest BCUT2D eigenvalue weighted by molar-refractivity contribution is 5.83. The van der Waals surface area contributed by atoms with Gasteiger partial charge in [0.15, 0.2) is 0 Å². The summed E-state index contributed by atoms with van der Waals surface area (Å²) in [6.45, 7) is 3.84. The Labute approximate surface area is 154 Å². The van der Waals surface area contributed by atoms with Crippen LogP contribution in [0.1, 0.15) is 43.6 Å². The predicted molar refractivity (Wildman–Crippen MR) is 96.2 cm³/mol. The summed E-state index contributed by atoms with van der Waals surface area (Å²) in [6, 6.07) is 6.69. The van der Waals surface area contributed by atoms with Crippen molar-refractivity contribution in [1.29, 1.82) is 0 Å². The van der Waals surface area contributed by atoms with Gasteiger partial charge < -0.3 is 14.5 Å². The molecule has 1 atom stereocenters. The lowest BCUT2D eigenvalue weighted by molar-refractivity contribution is -0.139. The topological polar surface area (TPSA) is 49.9 Å². The van der Waals surface area contributed by atoms with Crippen molar-refractivity contribution >= 4 is 11.8 Å². The van der Waals surface area contributed by atoms with Gasteiger partial charge in [-0.05, 0) is 42.9 Å². The summed E-state index contributed by atoms with van der Waals surface area (Å²) >= 11 is 0. The molecule has 2 fully saturated rings. The molecule has 2 heterocycles. The molecule has 2 saturated heterocycles. The number of amides is 2. The van der Waals surface area contributed by atoms with E-state index in [1.807, 2.05) is 17.0 Å². The van der Waals surface area contributed by atoms with Crippen LogP contribution in [0.5, 0.6) is 0 Å². The Morgan fingerprint density at radius 1 is 0.923 bits per heavy atom. The summed E-state index contributed by atoms with van der Waals surface area (Å²) < 4.78 is 18.3. The van der Waals surface area contributed by atoms with Gasteiger partial charge in [-0.1, -0.05) is 12.1 Å². The molecule has 0 N–H and O–H groups in total. The maximum absolute atomic E-state index is 13.1. The summed E-state index contributed by atoms with van der Waals surface area (Å²) in [7, 11) is 0. The first-order valence-corrected chi connectivity index (χ1v) is 9.52. The van der Waals surface area contributed by atoms with Crippen molar-refractivity contribution in [3.8, 4) is 0 Å². The van der Waals surface area contributed by atoms with E-state index in [4.69, 9.17) is 4.74 Å². The van der Waals surface area contributed by atoms with E-state index >= 15 is 0 Å². The lowest BCUT2D eigenvalue weighted by Crippen LogP contribution is -2.41. The van der Waals surface area contributed by atoms with Crippen LogP contribution in [0.15, 0.2) is 24.3 Å². The van der Waals surface area contributed by atoms with E-state index in [2.05, 4.69) is 0 Å². The monoisotopic (exact) mass is 362 g/mol. The van der Waals surface area contributed by atoms with Gasteiger partial charge in [-0.2, -0.15) is 0 Å². The lowest BCUT2D eigenvalue weighted by atomic mass is 9.92. The van der Waals surface area contributed by atoms with Crippen LogP contribution in [0.2, 0.25) is 0 Å². The van der Waals surface area contributed by atoms with Crippen molar-refractivity contribution in [3.63, 3.8) is 0 Å². The molecule has 0 bridgehead atoms. The van der Waals surface area contributed by atoms with Gasteiger partial charge in [0, 0.05) is 39.0 Å². The molecule has 2 aliphatic heterocycles. The number of nitrogens with zero attached hydrogens (tertiary/aromatic N) is 2. The van der Waals surface area contributed by atoms with E-state index in [0.29, 0.717) is 38.8 Å². The van der Waals surface area contributed by atoms with Gasteiger partial charge in [0.1, 0.15) is 5.82 Å². The molecular formula is C20H27FN2O3. The smallest absolute Gasteiger partial charge is 0.223 e. The second-order valence-corrected chi connectivity index (χ2v) is 7.05. The molecule has 0 aliphatic carbocycles. The third-order valence-corrected chi connectivity index (χ3v) is 5.34. The van der Waals surface area contributed by atoms with E-state index in [1.165, 1.54) is 12.1 Å². The van der Waals surface area contributed by atoms with Gasteiger partial charge >= 0.3 is 0 Å². The molecule has 0 saturated carbocycles. The molecule has 1 unspecified atom stereocenters. The highest BCUT2D eigenvalue weighted by atomic mass is 19.1. The molecule has 1 aromatic rings. The number of benzene rings is 1. The molecule has 0 aromatic heterocycles. The molecule has 6 heteroatoms. The molecule has 0 radical (unpaired) electrons. The van der Waals surface area contributed by atoms with Crippen molar-refractivity contribution in [3.05, 3.63) is 35.6 Å². The zero-order valence-electron chi connectivity index (χ0n) is 15.2. The third-order valence-electron chi connectivity index (χ3n) is 5.34. The van der Waals surface area contributed by atoms with Gasteiger partial charge in [0.25, 0.3) is 0 Å². The maximum atomic E-state index is 13.1. The standard InChI is InChI=1S/C20H27FN2O3/c21-18-5-3-17(4-6-18)16-2-1-10-22(11-9-16)19(24)7-8-20(25)23-12-14-26-15-13-23/h3-6,16H,1-2,7-15H2. The molecule has 142 valence electrons. The number of carbonyl (C=O) groups excluding carboxylic acids is 2. The van der Waals surface area contributed by atoms with Crippen molar-refractivity contribution < 1.29 is 18.7 Å². The Hall–Kier alpha value is -1.95. The van der Waals surface area contributed by atoms with E-state index in [-0.39, 0.29) is 30.5 Å². The molecule has 5 nitrogen and oxygen atoms in total. The van der Waals surface area contributed by atoms with E-state index in [0.717, 1.165) is 31.4 Å². The van der Waals surface area contributed by atoms with Crippen LogP contribution >= 0.6 is 0 Å². The van der Waals surface area contributed by atoms with Crippen molar-refractivity contribution in [2.24, 2.45) is 0 Å². The summed E-state index contributed by atoms with van der Waals surface area (Å²) in [5.41, 5.74) is 1.14. The predicted octanol–water partition coefficient (Wildman–Crippen LogP) is 2.56. The molecular weight excluding hydrogens is 335 g/mol. The molecule has 1 aromatic carbocycles. The average molecular weight is 362 g/mol. The van der Waals surface area contributed by atoms with Gasteiger partial charge in [-0.15, -0.1) is 0 Å². The van der Waals surface area contributed by atoms with Crippen LogP contribution in [0.4, 0.5) is 4.39 Å². The highest BCUT2D eigenvalue weighted by Gasteiger charge is 2.23. The first-order valence-electron chi connectivity index (χ1n) is 9.52. The van der Waals surface area contributed by atoms with Crippen LogP contribution in [-0.2, 0) is 14.3 Å². The van der Waals surface area contributed by atoms with Crippen LogP contribution in [0.25, 0.3) is 0 Å². The Bertz CT molecular complexity index is 614. The normalized spacial score (nSPS) is 21.3. The fourth-order valence-electron chi connectivity index (χ4n) is 3.76. The number of rotatable bonds is 4. The number of morpholine rings is 1. The summed E-state index contributed by atoms with van der Waals surface area (Å²) in [6.07, 6.45) is 3.37. The molecule has 2 amide bonds. The second kappa shape index (κ2) is 9.12. The van der Waals surface area contributed by atoms with Crippen molar-refractivity contribution in [2.75, 3.05) is 39.4 Å². The number of likely N-dealkylation sites (tertiary alicyclic amines) is 1. The van der Waals surface area contributed by atoms with Crippen LogP contribution in [-0.4, -0.2) is 61.0 Å². The first-order chi connectivity index (χ1) is 12.6. The minimum Gasteiger partial charge on any atom is -0.378 e. The third kappa shape index (κ3) is 5.04. The van der Waals surface area contributed by atoms with E-state index in [9.17, 15) is 14.0 Å². The summed E-state index contributed by atoms with van der Waals surface area (Å²) in [5, 5.41) is 0. The Morgan fingerprint density at radius 3 is 2.19 bits per heavy atom. The number of ether oxygens (including phenoxy) is 1. The Morgan fingerprint density at radius 2 is 1.54 bits per heavy atom. The number of carbonyl (C=O) groups is 2. The first kappa shape index (κ1) is 18.8. The Kier molecular flexibility index (Phi) is 6.61. The minimum atomic E-state index is -0.218. The summed E-state index contributed by atoms with van der Waals surface area (Å²) in [4.78, 5) is 28.4. The van der Waals surface area contributed by atoms with E-state index in [1.54, 1.807) is 4.90 Å². The zero-order chi connectivity index (χ0) is 18.4. The molecule has 0 spiro atoms. The highest BCUT2D eigenvalue weighted by Crippen LogP contribution is 2.28. The van der Waals surface area contributed by atoms with Gasteiger partial charge in [-0.25, -0.2) is 4.39 Å². The fraction of sp³-hybridized carbons (Fsp3) is 0.600. The SMILES string of the molecule is O=C(CCC(=O)N1CCCC(c2ccc(F)cc2)CC1)N1CCOCC1. The van der Waals surface area contributed by atoms with Gasteiger partial charge in [0.2, 0.25) is 11.8 Å². The minimum absolute atomic E-state index is 0.0423. The van der Waals surface area contributed by atoms with Crippen LogP contribution < -0.4 is 0 Å². The average Bonchev–Trinajstić information content (AvgIpc) is 2.93. The number of hydrogen-bond acceptors (Lipinski definition) is 3. The van der Waals surface area contributed by atoms with Crippen molar-refractivity contribution in [1.82, 2.24) is 9.80 Å². The Balaban J connectivity index is 1.46. The largest absolute Gasteiger partial charge is 0.378 e. The van der Waals surface area contributed by atoms with Gasteiger partial charge in [-0.3, -0.25) is 9.59 Å². The zero-order valence-corrected chi connectivity index (χ0v) is 15.2. The van der Waals surface area contributed by atoms with Crippen LogP contribution in [0.3, 0.4) is 0 Å². The quantitative estimate of drug-likeness (QED) is 0.827. The second-order valence-electron chi connectivity index (χ2n) is 7.05. The number of hydrogen-bond donors (Lipinski definition) is 0. The molecule has 3 rings (SSSR count). The maximum Gasteiger partial charge on any atom is 0.223 e.